The van der Waals surface area contributed by atoms with Gasteiger partial charge in [-0.25, -0.2) is 0 Å². The maximum atomic E-state index is 4.06. The molecule has 8 heterocycles. The maximum Gasteiger partial charge on any atom is 0.0724 e. The van der Waals surface area contributed by atoms with E-state index < -0.39 is 0 Å². The van der Waals surface area contributed by atoms with Crippen molar-refractivity contribution >= 4 is 16.7 Å². The monoisotopic (exact) mass is 868 g/mol. The highest BCUT2D eigenvalue weighted by Crippen LogP contribution is 2.71. The average molecular weight is 868 g/mol. The first kappa shape index (κ1) is 44.4. The number of allylic oxidation sites excluding steroid dienone is 11. The van der Waals surface area contributed by atoms with E-state index in [0.717, 1.165) is 72.5 Å². The Labute approximate surface area is 389 Å². The van der Waals surface area contributed by atoms with Gasteiger partial charge >= 0.3 is 0 Å². The number of likely N-dealkylation sites (N-methyl/N-ethyl adjacent to an activating group) is 1. The minimum atomic E-state index is 0.0229. The summed E-state index contributed by atoms with van der Waals surface area (Å²) in [6.07, 6.45) is 42.5. The van der Waals surface area contributed by atoms with Crippen molar-refractivity contribution < 1.29 is 0 Å². The first-order valence-corrected chi connectivity index (χ1v) is 25.2. The summed E-state index contributed by atoms with van der Waals surface area (Å²) in [7, 11) is 2.12. The standard InChI is InChI=1S/C45H45N7.C7H12.C4H10.C2H6/c1-52-26-20-33(21-27-52)45-40-14-12-38(50-40)43(31-16-22-46-23-17-31)36-10-8-34(48-36)42(30-6-4-29(5-7-30)28-2-3-28)35-9-11-37(49-35)44(32-18-24-47-25-19-32)39-13-15-41(45)51-39;1-2-6-5-7(6)3-4-7;1-3-4-2;1-2/h4-8,10,12-22,24,26,28,34,39,46-51H,2-3,9,11,23,25,27H2,1H3;6H,2-5H2,1H3;3-4H2,1-2H3;1-2H3/b42-35-,43-36-,44-37-,45-41-;;;. The molecule has 7 nitrogen and oxygen atoms in total. The number of nitrogens with one attached hydrogen (secondary N) is 6. The van der Waals surface area contributed by atoms with Crippen LogP contribution in [0.5, 0.6) is 0 Å². The van der Waals surface area contributed by atoms with E-state index in [4.69, 9.17) is 0 Å². The third-order valence-electron chi connectivity index (χ3n) is 14.6. The van der Waals surface area contributed by atoms with Crippen LogP contribution in [-0.2, 0) is 0 Å². The number of hydrogen-bond acceptors (Lipinski definition) is 6. The molecule has 7 heteroatoms. The lowest BCUT2D eigenvalue weighted by atomic mass is 9.94. The van der Waals surface area contributed by atoms with Crippen LogP contribution in [0.3, 0.4) is 0 Å². The van der Waals surface area contributed by atoms with Gasteiger partial charge in [0.2, 0.25) is 0 Å². The molecule has 8 bridgehead atoms. The number of H-pyrrole nitrogens is 1. The molecule has 3 aliphatic carbocycles. The highest BCUT2D eigenvalue weighted by molar-refractivity contribution is 5.90. The van der Waals surface area contributed by atoms with Crippen LogP contribution in [0.25, 0.3) is 16.7 Å². The van der Waals surface area contributed by atoms with Gasteiger partial charge in [0.25, 0.3) is 0 Å². The van der Waals surface area contributed by atoms with Gasteiger partial charge < -0.3 is 36.5 Å². The van der Waals surface area contributed by atoms with Crippen LogP contribution in [0.1, 0.15) is 127 Å². The molecule has 3 atom stereocenters. The molecule has 3 unspecified atom stereocenters. The summed E-state index contributed by atoms with van der Waals surface area (Å²) < 4.78 is 0. The van der Waals surface area contributed by atoms with E-state index in [-0.39, 0.29) is 12.1 Å². The van der Waals surface area contributed by atoms with E-state index >= 15 is 0 Å². The second-order valence-corrected chi connectivity index (χ2v) is 19.0. The van der Waals surface area contributed by atoms with Crippen molar-refractivity contribution in [1.82, 2.24) is 36.5 Å². The van der Waals surface area contributed by atoms with E-state index in [0.29, 0.717) is 0 Å². The Kier molecular flexibility index (Phi) is 13.5. The smallest absolute Gasteiger partial charge is 0.0724 e. The van der Waals surface area contributed by atoms with Crippen molar-refractivity contribution in [1.29, 1.82) is 0 Å². The fourth-order valence-corrected chi connectivity index (χ4v) is 10.4. The molecule has 12 rings (SSSR count). The molecule has 65 heavy (non-hydrogen) atoms. The predicted molar refractivity (Wildman–Crippen MR) is 274 cm³/mol. The molecule has 340 valence electrons. The molecular weight excluding hydrogens is 795 g/mol. The molecule has 1 saturated heterocycles. The molecule has 0 amide bonds. The fraction of sp³-hybridized carbons (Fsp3) is 0.414. The number of aromatic nitrogens is 1. The summed E-state index contributed by atoms with van der Waals surface area (Å²) in [5, 5.41) is 18.8. The molecule has 1 spiro atoms. The predicted octanol–water partition coefficient (Wildman–Crippen LogP) is 11.9. The molecule has 3 saturated carbocycles. The van der Waals surface area contributed by atoms with Crippen molar-refractivity contribution in [3.8, 4) is 0 Å². The summed E-state index contributed by atoms with van der Waals surface area (Å²) in [6, 6.07) is 14.0. The number of aromatic amines is 1. The Morgan fingerprint density at radius 1 is 0.662 bits per heavy atom. The Morgan fingerprint density at radius 3 is 1.74 bits per heavy atom. The van der Waals surface area contributed by atoms with Crippen LogP contribution in [-0.4, -0.2) is 48.6 Å². The zero-order valence-electron chi connectivity index (χ0n) is 39.9. The SMILES string of the molecule is CC.CCC1CC12CC2.CCCC.CN1C=CC(/C2=C3\C=CC(N3)/C(C3=CCNC=C3)=C3/CC/C(=C(\c4ccc(C5CC5)cc4)C4C=C/C(=C(\C5=CCNC=C5)c5ccc2[nH]5)N4)N3)=CC1. The highest BCUT2D eigenvalue weighted by Gasteiger charge is 2.61. The minimum Gasteiger partial charge on any atom is -0.387 e. The molecule has 10 aliphatic rings. The molecule has 0 radical (unpaired) electrons. The topological polar surface area (TPSA) is 79.2 Å². The molecule has 7 aliphatic heterocycles. The van der Waals surface area contributed by atoms with Gasteiger partial charge in [0.15, 0.2) is 0 Å². The molecule has 6 N–H and O–H groups in total. The normalized spacial score (nSPS) is 29.3. The number of fused-ring (bicyclic) bond motifs is 8. The van der Waals surface area contributed by atoms with Crippen molar-refractivity contribution in [3.05, 3.63) is 183 Å². The summed E-state index contributed by atoms with van der Waals surface area (Å²) in [4.78, 5) is 6.13. The third kappa shape index (κ3) is 9.62. The Morgan fingerprint density at radius 2 is 1.25 bits per heavy atom. The summed E-state index contributed by atoms with van der Waals surface area (Å²) in [5.41, 5.74) is 19.4. The zero-order chi connectivity index (χ0) is 44.9. The van der Waals surface area contributed by atoms with Gasteiger partial charge in [0, 0.05) is 83.2 Å². The van der Waals surface area contributed by atoms with Gasteiger partial charge in [-0.05, 0) is 151 Å². The van der Waals surface area contributed by atoms with E-state index in [1.807, 2.05) is 13.8 Å². The van der Waals surface area contributed by atoms with Gasteiger partial charge in [0.1, 0.15) is 0 Å². The summed E-state index contributed by atoms with van der Waals surface area (Å²) >= 11 is 0. The van der Waals surface area contributed by atoms with Gasteiger partial charge in [-0.15, -0.1) is 0 Å². The molecule has 2 aromatic rings. The van der Waals surface area contributed by atoms with Gasteiger partial charge in [-0.3, -0.25) is 0 Å². The first-order chi connectivity index (χ1) is 31.9. The highest BCUT2D eigenvalue weighted by atomic mass is 15.1. The minimum absolute atomic E-state index is 0.0229. The second-order valence-electron chi connectivity index (χ2n) is 19.0. The lowest BCUT2D eigenvalue weighted by Crippen LogP contribution is -2.29. The van der Waals surface area contributed by atoms with Crippen LogP contribution in [0.2, 0.25) is 0 Å². The van der Waals surface area contributed by atoms with Crippen LogP contribution in [0, 0.1) is 11.3 Å². The Hall–Kier alpha value is -5.82. The number of hydrogen-bond donors (Lipinski definition) is 6. The first-order valence-electron chi connectivity index (χ1n) is 25.2. The fourth-order valence-electron chi connectivity index (χ4n) is 10.4. The number of benzene rings is 1. The van der Waals surface area contributed by atoms with E-state index in [9.17, 15) is 0 Å². The largest absolute Gasteiger partial charge is 0.387 e. The van der Waals surface area contributed by atoms with Gasteiger partial charge in [-0.1, -0.05) is 109 Å². The van der Waals surface area contributed by atoms with E-state index in [2.05, 4.69) is 180 Å². The van der Waals surface area contributed by atoms with Crippen LogP contribution in [0.4, 0.5) is 0 Å². The number of rotatable bonds is 7. The van der Waals surface area contributed by atoms with E-state index in [1.165, 1.54) is 93.6 Å². The molecule has 4 fully saturated rings. The van der Waals surface area contributed by atoms with Crippen LogP contribution in [0.15, 0.2) is 161 Å². The van der Waals surface area contributed by atoms with Crippen LogP contribution >= 0.6 is 0 Å². The average Bonchev–Trinajstić information content (AvgIpc) is 4.27. The van der Waals surface area contributed by atoms with Crippen LogP contribution < -0.4 is 26.6 Å². The zero-order valence-corrected chi connectivity index (χ0v) is 39.9. The van der Waals surface area contributed by atoms with Gasteiger partial charge in [-0.2, -0.15) is 0 Å². The van der Waals surface area contributed by atoms with Crippen molar-refractivity contribution in [2.45, 2.75) is 117 Å². The number of unbranched alkanes of at least 4 members (excludes halogenated alkanes) is 1. The number of dihydropyridines is 2. The summed E-state index contributed by atoms with van der Waals surface area (Å²) in [6.45, 7) is 13.2. The maximum absolute atomic E-state index is 4.06. The molecular formula is C58H73N7. The van der Waals surface area contributed by atoms with E-state index in [1.54, 1.807) is 19.3 Å². The van der Waals surface area contributed by atoms with Crippen molar-refractivity contribution in [2.24, 2.45) is 11.3 Å². The number of nitrogens with zero attached hydrogens (tertiary/aromatic N) is 1. The Balaban J connectivity index is 0.000000357. The van der Waals surface area contributed by atoms with Crippen molar-refractivity contribution in [2.75, 3.05) is 26.7 Å². The molecule has 1 aromatic carbocycles. The third-order valence-corrected chi connectivity index (χ3v) is 14.6. The van der Waals surface area contributed by atoms with Gasteiger partial charge in [0.05, 0.1) is 12.1 Å². The summed E-state index contributed by atoms with van der Waals surface area (Å²) in [5.74, 6) is 1.89. The lowest BCUT2D eigenvalue weighted by molar-refractivity contribution is 0.503. The van der Waals surface area contributed by atoms with Crippen molar-refractivity contribution in [3.63, 3.8) is 0 Å². The Bertz CT molecular complexity index is 2470. The molecule has 1 aromatic heterocycles. The quantitative estimate of drug-likeness (QED) is 0.166. The lowest BCUT2D eigenvalue weighted by Gasteiger charge is -2.25. The second kappa shape index (κ2) is 19.7.